The van der Waals surface area contributed by atoms with Crippen LogP contribution < -0.4 is 10.6 Å². The quantitative estimate of drug-likeness (QED) is 0.275. The van der Waals surface area contributed by atoms with Gasteiger partial charge in [-0.05, 0) is 30.2 Å². The lowest BCUT2D eigenvalue weighted by Crippen LogP contribution is -2.38. The van der Waals surface area contributed by atoms with Crippen LogP contribution in [0.15, 0.2) is 59.6 Å². The van der Waals surface area contributed by atoms with Crippen LogP contribution in [0, 0.1) is 5.82 Å². The van der Waals surface area contributed by atoms with Gasteiger partial charge in [0, 0.05) is 13.1 Å². The van der Waals surface area contributed by atoms with Crippen LogP contribution in [0.5, 0.6) is 0 Å². The smallest absolute Gasteiger partial charge is 0.191 e. The van der Waals surface area contributed by atoms with Crippen LogP contribution in [0.25, 0.3) is 0 Å². The highest BCUT2D eigenvalue weighted by atomic mass is 127. The summed E-state index contributed by atoms with van der Waals surface area (Å²) in [5.41, 5.74) is 2.00. The maximum atomic E-state index is 13.2. The second-order valence-corrected chi connectivity index (χ2v) is 5.29. The topological polar surface area (TPSA) is 45.7 Å². The van der Waals surface area contributed by atoms with E-state index >= 15 is 0 Å². The van der Waals surface area contributed by atoms with Crippen molar-refractivity contribution < 1.29 is 9.13 Å². The fourth-order valence-corrected chi connectivity index (χ4v) is 2.15. The van der Waals surface area contributed by atoms with Crippen molar-refractivity contribution in [3.05, 3.63) is 71.5 Å². The Bertz CT molecular complexity index is 638. The van der Waals surface area contributed by atoms with Gasteiger partial charge < -0.3 is 15.4 Å². The first-order valence-electron chi connectivity index (χ1n) is 8.16. The van der Waals surface area contributed by atoms with Gasteiger partial charge in [0.15, 0.2) is 5.96 Å². The van der Waals surface area contributed by atoms with E-state index in [1.165, 1.54) is 12.1 Å². The number of ether oxygens (including phenoxy) is 1. The number of aliphatic imine (C=N–C) groups is 1. The number of nitrogens with zero attached hydrogens (tertiary/aromatic N) is 1. The van der Waals surface area contributed by atoms with E-state index in [1.54, 1.807) is 6.07 Å². The molecule has 0 aromatic heterocycles. The Balaban J connectivity index is 0.00000312. The van der Waals surface area contributed by atoms with E-state index in [2.05, 4.69) is 15.6 Å². The lowest BCUT2D eigenvalue weighted by atomic mass is 10.2. The van der Waals surface area contributed by atoms with Crippen LogP contribution >= 0.6 is 24.0 Å². The van der Waals surface area contributed by atoms with Crippen LogP contribution in [-0.4, -0.2) is 25.7 Å². The van der Waals surface area contributed by atoms with Gasteiger partial charge in [-0.2, -0.15) is 0 Å². The van der Waals surface area contributed by atoms with Gasteiger partial charge in [-0.15, -0.1) is 24.0 Å². The minimum absolute atomic E-state index is 0. The fourth-order valence-electron chi connectivity index (χ4n) is 2.15. The molecule has 2 rings (SSSR count). The van der Waals surface area contributed by atoms with Crippen molar-refractivity contribution in [2.75, 3.05) is 19.7 Å². The molecule has 2 aromatic carbocycles. The summed E-state index contributed by atoms with van der Waals surface area (Å²) < 4.78 is 18.8. The molecule has 0 amide bonds. The monoisotopic (exact) mass is 457 g/mol. The highest BCUT2D eigenvalue weighted by molar-refractivity contribution is 14.0. The van der Waals surface area contributed by atoms with Gasteiger partial charge in [-0.1, -0.05) is 42.5 Å². The summed E-state index contributed by atoms with van der Waals surface area (Å²) >= 11 is 0. The summed E-state index contributed by atoms with van der Waals surface area (Å²) in [5.74, 6) is 0.458. The zero-order valence-corrected chi connectivity index (χ0v) is 16.7. The van der Waals surface area contributed by atoms with Crippen LogP contribution in [0.2, 0.25) is 0 Å². The number of rotatable bonds is 8. The van der Waals surface area contributed by atoms with Crippen molar-refractivity contribution in [2.24, 2.45) is 4.99 Å². The lowest BCUT2D eigenvalue weighted by Gasteiger charge is -2.11. The van der Waals surface area contributed by atoms with Crippen molar-refractivity contribution in [1.29, 1.82) is 0 Å². The van der Waals surface area contributed by atoms with E-state index in [0.29, 0.717) is 32.3 Å². The molecule has 136 valence electrons. The normalized spacial score (nSPS) is 10.9. The predicted molar refractivity (Wildman–Crippen MR) is 111 cm³/mol. The highest BCUT2D eigenvalue weighted by Crippen LogP contribution is 2.04. The van der Waals surface area contributed by atoms with E-state index in [-0.39, 0.29) is 29.8 Å². The van der Waals surface area contributed by atoms with E-state index in [4.69, 9.17) is 4.74 Å². The van der Waals surface area contributed by atoms with Crippen LogP contribution in [-0.2, 0) is 17.9 Å². The first-order chi connectivity index (χ1) is 11.8. The summed E-state index contributed by atoms with van der Waals surface area (Å²) in [5, 5.41) is 6.38. The average molecular weight is 457 g/mol. The molecular formula is C19H25FIN3O. The van der Waals surface area contributed by atoms with Crippen LogP contribution in [0.1, 0.15) is 18.1 Å². The Morgan fingerprint density at radius 2 is 1.80 bits per heavy atom. The third kappa shape index (κ3) is 8.83. The second-order valence-electron chi connectivity index (χ2n) is 5.29. The molecule has 0 fully saturated rings. The van der Waals surface area contributed by atoms with Gasteiger partial charge in [0.2, 0.25) is 0 Å². The molecule has 4 nitrogen and oxygen atoms in total. The highest BCUT2D eigenvalue weighted by Gasteiger charge is 1.99. The van der Waals surface area contributed by atoms with Gasteiger partial charge in [0.05, 0.1) is 19.8 Å². The van der Waals surface area contributed by atoms with E-state index in [0.717, 1.165) is 17.7 Å². The molecule has 0 radical (unpaired) electrons. The zero-order chi connectivity index (χ0) is 17.0. The maximum Gasteiger partial charge on any atom is 0.191 e. The molecular weight excluding hydrogens is 432 g/mol. The molecule has 0 spiro atoms. The molecule has 0 heterocycles. The standard InChI is InChI=1S/C19H24FN3O.HI/c1-2-21-19(23-14-17-9-6-10-18(20)13-17)22-11-12-24-15-16-7-4-3-5-8-16;/h3-10,13H,2,11-12,14-15H2,1H3,(H2,21,22,23);1H. The maximum absolute atomic E-state index is 13.2. The molecule has 2 N–H and O–H groups in total. The van der Waals surface area contributed by atoms with Gasteiger partial charge in [-0.25, -0.2) is 9.38 Å². The molecule has 2 aromatic rings. The number of guanidine groups is 1. The summed E-state index contributed by atoms with van der Waals surface area (Å²) in [6, 6.07) is 16.5. The van der Waals surface area contributed by atoms with Crippen molar-refractivity contribution in [1.82, 2.24) is 10.6 Å². The number of halogens is 2. The van der Waals surface area contributed by atoms with E-state index in [9.17, 15) is 4.39 Å². The second kappa shape index (κ2) is 12.7. The molecule has 0 bridgehead atoms. The predicted octanol–water partition coefficient (Wildman–Crippen LogP) is 3.72. The molecule has 6 heteroatoms. The van der Waals surface area contributed by atoms with Crippen LogP contribution in [0.3, 0.4) is 0 Å². The van der Waals surface area contributed by atoms with Crippen molar-refractivity contribution >= 4 is 29.9 Å². The molecule has 0 aliphatic heterocycles. The molecule has 0 aliphatic carbocycles. The lowest BCUT2D eigenvalue weighted by molar-refractivity contribution is 0.125. The van der Waals surface area contributed by atoms with Crippen molar-refractivity contribution in [3.63, 3.8) is 0 Å². The van der Waals surface area contributed by atoms with Gasteiger partial charge in [0.25, 0.3) is 0 Å². The van der Waals surface area contributed by atoms with Crippen LogP contribution in [0.4, 0.5) is 4.39 Å². The van der Waals surface area contributed by atoms with Gasteiger partial charge >= 0.3 is 0 Å². The van der Waals surface area contributed by atoms with E-state index < -0.39 is 0 Å². The molecule has 0 saturated carbocycles. The van der Waals surface area contributed by atoms with Crippen molar-refractivity contribution in [2.45, 2.75) is 20.1 Å². The number of hydrogen-bond acceptors (Lipinski definition) is 2. The minimum Gasteiger partial charge on any atom is -0.375 e. The van der Waals surface area contributed by atoms with Crippen molar-refractivity contribution in [3.8, 4) is 0 Å². The summed E-state index contributed by atoms with van der Waals surface area (Å²) in [7, 11) is 0. The molecule has 0 unspecified atom stereocenters. The molecule has 0 saturated heterocycles. The Morgan fingerprint density at radius 1 is 1.04 bits per heavy atom. The first-order valence-corrected chi connectivity index (χ1v) is 8.16. The van der Waals surface area contributed by atoms with Gasteiger partial charge in [-0.3, -0.25) is 0 Å². The Hall–Kier alpha value is -1.67. The first kappa shape index (κ1) is 21.4. The summed E-state index contributed by atoms with van der Waals surface area (Å²) in [6.45, 7) is 5.03. The summed E-state index contributed by atoms with van der Waals surface area (Å²) in [4.78, 5) is 4.45. The SMILES string of the molecule is CCNC(=NCc1cccc(F)c1)NCCOCc1ccccc1.I. The number of hydrogen-bond donors (Lipinski definition) is 2. The minimum atomic E-state index is -0.241. The summed E-state index contributed by atoms with van der Waals surface area (Å²) in [6.07, 6.45) is 0. The Morgan fingerprint density at radius 3 is 2.52 bits per heavy atom. The fraction of sp³-hybridized carbons (Fsp3) is 0.316. The number of benzene rings is 2. The largest absolute Gasteiger partial charge is 0.375 e. The third-order valence-corrected chi connectivity index (χ3v) is 3.30. The Labute approximate surface area is 165 Å². The van der Waals surface area contributed by atoms with E-state index in [1.807, 2.05) is 43.3 Å². The van der Waals surface area contributed by atoms with Gasteiger partial charge in [0.1, 0.15) is 5.82 Å². The average Bonchev–Trinajstić information content (AvgIpc) is 2.60. The number of nitrogens with one attached hydrogen (secondary N) is 2. The zero-order valence-electron chi connectivity index (χ0n) is 14.4. The Kier molecular flexibility index (Phi) is 10.8. The molecule has 0 aliphatic rings. The molecule has 25 heavy (non-hydrogen) atoms. The molecule has 0 atom stereocenters. The third-order valence-electron chi connectivity index (χ3n) is 3.30.